The molecule has 0 aliphatic carbocycles. The zero-order valence-electron chi connectivity index (χ0n) is 11.4. The zero-order chi connectivity index (χ0) is 14.4. The van der Waals surface area contributed by atoms with Crippen LogP contribution in [0, 0.1) is 0 Å². The van der Waals surface area contributed by atoms with Gasteiger partial charge in [0.25, 0.3) is 0 Å². The molecule has 21 heavy (non-hydrogen) atoms. The second-order valence-electron chi connectivity index (χ2n) is 4.52. The van der Waals surface area contributed by atoms with E-state index in [0.29, 0.717) is 30.9 Å². The van der Waals surface area contributed by atoms with Crippen LogP contribution in [0.15, 0.2) is 24.3 Å². The van der Waals surface area contributed by atoms with Crippen molar-refractivity contribution in [3.8, 4) is 0 Å². The second kappa shape index (κ2) is 8.46. The van der Waals surface area contributed by atoms with Crippen molar-refractivity contribution in [1.82, 2.24) is 5.32 Å². The summed E-state index contributed by atoms with van der Waals surface area (Å²) in [6.07, 6.45) is 0.191. The Balaban J connectivity index is 0.00000220. The number of anilines is 2. The third kappa shape index (κ3) is 5.99. The van der Waals surface area contributed by atoms with Gasteiger partial charge < -0.3 is 26.4 Å². The lowest BCUT2D eigenvalue weighted by molar-refractivity contribution is -0.119. The van der Waals surface area contributed by atoms with E-state index in [1.807, 2.05) is 0 Å². The largest absolute Gasteiger partial charge is 0.375 e. The van der Waals surface area contributed by atoms with Crippen LogP contribution in [0.4, 0.5) is 16.2 Å². The number of amides is 3. The molecule has 8 heteroatoms. The average Bonchev–Trinajstić information content (AvgIpc) is 2.39. The molecule has 1 aromatic carbocycles. The topological polar surface area (TPSA) is 105 Å². The van der Waals surface area contributed by atoms with Gasteiger partial charge in [0.2, 0.25) is 5.91 Å². The molecule has 5 N–H and O–H groups in total. The van der Waals surface area contributed by atoms with Crippen LogP contribution in [0.1, 0.15) is 6.42 Å². The van der Waals surface area contributed by atoms with Crippen LogP contribution in [0.25, 0.3) is 0 Å². The van der Waals surface area contributed by atoms with Crippen LogP contribution in [0.3, 0.4) is 0 Å². The van der Waals surface area contributed by atoms with Gasteiger partial charge in [-0.05, 0) is 18.2 Å². The summed E-state index contributed by atoms with van der Waals surface area (Å²) in [5, 5.41) is 8.39. The SMILES string of the molecule is Cl.NC(=O)Nc1cccc(NC(=O)CC2CNCCO2)c1. The molecule has 1 fully saturated rings. The Morgan fingerprint density at radius 2 is 2.05 bits per heavy atom. The standard InChI is InChI=1S/C13H18N4O3.ClH/c14-13(19)17-10-3-1-2-9(6-10)16-12(18)7-11-8-15-4-5-20-11;/h1-3,6,11,15H,4-5,7-8H2,(H,16,18)(H3,14,17,19);1H. The summed E-state index contributed by atoms with van der Waals surface area (Å²) in [5.41, 5.74) is 6.17. The molecule has 0 bridgehead atoms. The summed E-state index contributed by atoms with van der Waals surface area (Å²) in [7, 11) is 0. The summed E-state index contributed by atoms with van der Waals surface area (Å²) < 4.78 is 5.47. The molecule has 1 heterocycles. The Morgan fingerprint density at radius 1 is 1.33 bits per heavy atom. The first-order valence-corrected chi connectivity index (χ1v) is 6.42. The van der Waals surface area contributed by atoms with Gasteiger partial charge in [-0.3, -0.25) is 4.79 Å². The highest BCUT2D eigenvalue weighted by atomic mass is 35.5. The molecule has 1 saturated heterocycles. The van der Waals surface area contributed by atoms with Gasteiger partial charge >= 0.3 is 6.03 Å². The number of rotatable bonds is 4. The molecule has 1 atom stereocenters. The molecule has 1 aromatic rings. The Morgan fingerprint density at radius 3 is 2.67 bits per heavy atom. The first-order valence-electron chi connectivity index (χ1n) is 6.42. The molecule has 1 unspecified atom stereocenters. The number of nitrogens with two attached hydrogens (primary N) is 1. The number of hydrogen-bond donors (Lipinski definition) is 4. The summed E-state index contributed by atoms with van der Waals surface area (Å²) in [6, 6.07) is 6.15. The predicted octanol–water partition coefficient (Wildman–Crippen LogP) is 0.916. The number of morpholine rings is 1. The summed E-state index contributed by atoms with van der Waals surface area (Å²) in [6.45, 7) is 2.12. The third-order valence-electron chi connectivity index (χ3n) is 2.83. The number of nitrogens with one attached hydrogen (secondary N) is 3. The van der Waals surface area contributed by atoms with Gasteiger partial charge in [-0.2, -0.15) is 0 Å². The molecule has 2 rings (SSSR count). The Bertz CT molecular complexity index is 492. The molecular weight excluding hydrogens is 296 g/mol. The molecule has 1 aliphatic rings. The van der Waals surface area contributed by atoms with Crippen molar-refractivity contribution in [2.24, 2.45) is 5.73 Å². The number of urea groups is 1. The number of primary amides is 1. The maximum absolute atomic E-state index is 11.9. The van der Waals surface area contributed by atoms with Gasteiger partial charge in [0.15, 0.2) is 0 Å². The average molecular weight is 315 g/mol. The van der Waals surface area contributed by atoms with Gasteiger partial charge in [-0.15, -0.1) is 12.4 Å². The minimum absolute atomic E-state index is 0. The van der Waals surface area contributed by atoms with Gasteiger partial charge in [-0.1, -0.05) is 6.07 Å². The quantitative estimate of drug-likeness (QED) is 0.663. The molecule has 116 valence electrons. The fraction of sp³-hybridized carbons (Fsp3) is 0.385. The Labute approximate surface area is 129 Å². The van der Waals surface area contributed by atoms with Crippen LogP contribution < -0.4 is 21.7 Å². The first-order chi connectivity index (χ1) is 9.63. The maximum atomic E-state index is 11.9. The highest BCUT2D eigenvalue weighted by molar-refractivity contribution is 5.93. The number of carbonyl (C=O) groups is 2. The second-order valence-corrected chi connectivity index (χ2v) is 4.52. The molecule has 0 radical (unpaired) electrons. The van der Waals surface area contributed by atoms with E-state index in [4.69, 9.17) is 10.5 Å². The molecular formula is C13H19ClN4O3. The van der Waals surface area contributed by atoms with Crippen LogP contribution in [0.5, 0.6) is 0 Å². The van der Waals surface area contributed by atoms with Gasteiger partial charge in [0, 0.05) is 24.5 Å². The van der Waals surface area contributed by atoms with Crippen LogP contribution >= 0.6 is 12.4 Å². The van der Waals surface area contributed by atoms with Crippen molar-refractivity contribution >= 4 is 35.7 Å². The van der Waals surface area contributed by atoms with E-state index in [0.717, 1.165) is 6.54 Å². The number of halogens is 1. The normalized spacial score (nSPS) is 17.4. The Kier molecular flexibility index (Phi) is 6.93. The van der Waals surface area contributed by atoms with Gasteiger partial charge in [-0.25, -0.2) is 4.79 Å². The fourth-order valence-corrected chi connectivity index (χ4v) is 1.99. The van der Waals surface area contributed by atoms with Crippen molar-refractivity contribution < 1.29 is 14.3 Å². The van der Waals surface area contributed by atoms with E-state index in [1.54, 1.807) is 24.3 Å². The lowest BCUT2D eigenvalue weighted by atomic mass is 10.2. The van der Waals surface area contributed by atoms with Crippen molar-refractivity contribution in [1.29, 1.82) is 0 Å². The molecule has 0 spiro atoms. The number of hydrogen-bond acceptors (Lipinski definition) is 4. The van der Waals surface area contributed by atoms with Crippen molar-refractivity contribution in [3.05, 3.63) is 24.3 Å². The smallest absolute Gasteiger partial charge is 0.316 e. The summed E-state index contributed by atoms with van der Waals surface area (Å²) >= 11 is 0. The monoisotopic (exact) mass is 314 g/mol. The van der Waals surface area contributed by atoms with E-state index in [1.165, 1.54) is 0 Å². The van der Waals surface area contributed by atoms with E-state index in [-0.39, 0.29) is 24.4 Å². The van der Waals surface area contributed by atoms with E-state index < -0.39 is 6.03 Å². The van der Waals surface area contributed by atoms with E-state index >= 15 is 0 Å². The highest BCUT2D eigenvalue weighted by Crippen LogP contribution is 2.15. The minimum atomic E-state index is -0.643. The van der Waals surface area contributed by atoms with E-state index in [9.17, 15) is 9.59 Å². The van der Waals surface area contributed by atoms with Crippen LogP contribution in [-0.4, -0.2) is 37.7 Å². The van der Waals surface area contributed by atoms with Crippen molar-refractivity contribution in [3.63, 3.8) is 0 Å². The lowest BCUT2D eigenvalue weighted by Crippen LogP contribution is -2.40. The predicted molar refractivity (Wildman–Crippen MR) is 82.8 cm³/mol. The maximum Gasteiger partial charge on any atom is 0.316 e. The van der Waals surface area contributed by atoms with Crippen LogP contribution in [-0.2, 0) is 9.53 Å². The van der Waals surface area contributed by atoms with Crippen LogP contribution in [0.2, 0.25) is 0 Å². The minimum Gasteiger partial charge on any atom is -0.375 e. The fourth-order valence-electron chi connectivity index (χ4n) is 1.99. The molecule has 0 saturated carbocycles. The molecule has 1 aliphatic heterocycles. The van der Waals surface area contributed by atoms with Gasteiger partial charge in [0.05, 0.1) is 19.1 Å². The number of ether oxygens (including phenoxy) is 1. The summed E-state index contributed by atoms with van der Waals surface area (Å²) in [5.74, 6) is -0.130. The molecule has 3 amide bonds. The van der Waals surface area contributed by atoms with Crippen molar-refractivity contribution in [2.75, 3.05) is 30.3 Å². The van der Waals surface area contributed by atoms with E-state index in [2.05, 4.69) is 16.0 Å². The zero-order valence-corrected chi connectivity index (χ0v) is 12.2. The highest BCUT2D eigenvalue weighted by Gasteiger charge is 2.17. The third-order valence-corrected chi connectivity index (χ3v) is 2.83. The lowest BCUT2D eigenvalue weighted by Gasteiger charge is -2.23. The molecule has 0 aromatic heterocycles. The summed E-state index contributed by atoms with van der Waals surface area (Å²) in [4.78, 5) is 22.6. The molecule has 7 nitrogen and oxygen atoms in total. The van der Waals surface area contributed by atoms with Crippen molar-refractivity contribution in [2.45, 2.75) is 12.5 Å². The first kappa shape index (κ1) is 17.2. The number of carbonyl (C=O) groups excluding carboxylic acids is 2. The Hall–Kier alpha value is -1.83. The number of benzene rings is 1. The van der Waals surface area contributed by atoms with Gasteiger partial charge in [0.1, 0.15) is 0 Å².